The molecule has 0 unspecified atom stereocenters. The summed E-state index contributed by atoms with van der Waals surface area (Å²) in [4.78, 5) is 3.59. The Morgan fingerprint density at radius 3 is 2.65 bits per heavy atom. The Bertz CT molecular complexity index is 488. The molecule has 0 saturated carbocycles. The van der Waals surface area contributed by atoms with E-state index in [1.807, 2.05) is 17.4 Å². The summed E-state index contributed by atoms with van der Waals surface area (Å²) in [6, 6.07) is 8.96. The average molecular weight is 267 g/mol. The second-order valence-corrected chi connectivity index (χ2v) is 6.03. The molecule has 2 rings (SSSR count). The molecule has 2 aromatic rings. The van der Waals surface area contributed by atoms with Crippen LogP contribution in [0.25, 0.3) is 0 Å². The van der Waals surface area contributed by atoms with E-state index in [4.69, 9.17) is 5.73 Å². The van der Waals surface area contributed by atoms with Crippen molar-refractivity contribution < 1.29 is 4.39 Å². The Balaban J connectivity index is 2.01. The number of hydrogen-bond acceptors (Lipinski definition) is 3. The topological polar surface area (TPSA) is 26.0 Å². The number of nitrogens with two attached hydrogens (primary N) is 1. The lowest BCUT2D eigenvalue weighted by molar-refractivity contribution is 0.625. The summed E-state index contributed by atoms with van der Waals surface area (Å²) in [5, 5.41) is 0. The standard InChI is InChI=1S/C13H14FNS2/c1-2-11-3-4-12(17-11)8-16-13-6-9(14)5-10(15)7-13/h3-7H,2,8,15H2,1H3. The molecule has 0 radical (unpaired) electrons. The maximum atomic E-state index is 13.1. The molecule has 90 valence electrons. The zero-order valence-electron chi connectivity index (χ0n) is 9.57. The van der Waals surface area contributed by atoms with E-state index in [-0.39, 0.29) is 5.82 Å². The number of rotatable bonds is 4. The molecule has 0 atom stereocenters. The SMILES string of the molecule is CCc1ccc(CSc2cc(N)cc(F)c2)s1. The molecule has 0 amide bonds. The lowest BCUT2D eigenvalue weighted by Crippen LogP contribution is -1.87. The maximum absolute atomic E-state index is 13.1. The van der Waals surface area contributed by atoms with Crippen LogP contribution in [-0.4, -0.2) is 0 Å². The highest BCUT2D eigenvalue weighted by Crippen LogP contribution is 2.28. The van der Waals surface area contributed by atoms with Crippen molar-refractivity contribution in [2.45, 2.75) is 24.0 Å². The highest BCUT2D eigenvalue weighted by molar-refractivity contribution is 7.98. The second-order valence-electron chi connectivity index (χ2n) is 3.73. The Hall–Kier alpha value is -1.00. The van der Waals surface area contributed by atoms with E-state index in [1.165, 1.54) is 21.9 Å². The van der Waals surface area contributed by atoms with Gasteiger partial charge in [-0.15, -0.1) is 23.1 Å². The van der Waals surface area contributed by atoms with Crippen LogP contribution in [0.15, 0.2) is 35.2 Å². The molecule has 0 aliphatic rings. The van der Waals surface area contributed by atoms with Gasteiger partial charge >= 0.3 is 0 Å². The van der Waals surface area contributed by atoms with Crippen LogP contribution in [0.5, 0.6) is 0 Å². The van der Waals surface area contributed by atoms with Gasteiger partial charge in [0.2, 0.25) is 0 Å². The third-order valence-corrected chi connectivity index (χ3v) is 4.78. The van der Waals surface area contributed by atoms with E-state index in [1.54, 1.807) is 11.8 Å². The number of thioether (sulfide) groups is 1. The van der Waals surface area contributed by atoms with Crippen molar-refractivity contribution in [2.75, 3.05) is 5.73 Å². The molecule has 1 aromatic heterocycles. The van der Waals surface area contributed by atoms with Gasteiger partial charge in [-0.2, -0.15) is 0 Å². The van der Waals surface area contributed by atoms with Gasteiger partial charge in [0.15, 0.2) is 0 Å². The van der Waals surface area contributed by atoms with Gasteiger partial charge in [0.25, 0.3) is 0 Å². The van der Waals surface area contributed by atoms with Crippen molar-refractivity contribution in [3.05, 3.63) is 45.9 Å². The van der Waals surface area contributed by atoms with E-state index in [0.717, 1.165) is 17.1 Å². The number of halogens is 1. The summed E-state index contributed by atoms with van der Waals surface area (Å²) >= 11 is 3.43. The number of thiophene rings is 1. The molecular formula is C13H14FNS2. The fourth-order valence-corrected chi connectivity index (χ4v) is 3.50. The third-order valence-electron chi connectivity index (χ3n) is 2.34. The monoisotopic (exact) mass is 267 g/mol. The molecule has 17 heavy (non-hydrogen) atoms. The van der Waals surface area contributed by atoms with Crippen molar-refractivity contribution in [3.8, 4) is 0 Å². The minimum Gasteiger partial charge on any atom is -0.399 e. The molecule has 2 N–H and O–H groups in total. The summed E-state index contributed by atoms with van der Waals surface area (Å²) in [6.45, 7) is 2.15. The molecule has 0 aliphatic carbocycles. The van der Waals surface area contributed by atoms with Gasteiger partial charge in [-0.05, 0) is 36.8 Å². The first-order chi connectivity index (χ1) is 8.17. The summed E-state index contributed by atoms with van der Waals surface area (Å²) in [5.74, 6) is 0.598. The predicted octanol–water partition coefficient (Wildman–Crippen LogP) is 4.32. The van der Waals surface area contributed by atoms with Crippen LogP contribution in [0, 0.1) is 5.82 Å². The maximum Gasteiger partial charge on any atom is 0.126 e. The summed E-state index contributed by atoms with van der Waals surface area (Å²) in [6.07, 6.45) is 1.07. The molecule has 0 bridgehead atoms. The fourth-order valence-electron chi connectivity index (χ4n) is 1.51. The molecule has 0 spiro atoms. The third kappa shape index (κ3) is 3.48. The van der Waals surface area contributed by atoms with Crippen LogP contribution in [0.2, 0.25) is 0 Å². The van der Waals surface area contributed by atoms with Crippen molar-refractivity contribution in [1.29, 1.82) is 0 Å². The Kier molecular flexibility index (Phi) is 4.07. The van der Waals surface area contributed by atoms with Gasteiger partial charge in [-0.1, -0.05) is 6.92 Å². The number of anilines is 1. The highest BCUT2D eigenvalue weighted by atomic mass is 32.2. The lowest BCUT2D eigenvalue weighted by atomic mass is 10.3. The van der Waals surface area contributed by atoms with Gasteiger partial charge < -0.3 is 5.73 Å². The number of nitrogen functional groups attached to an aromatic ring is 1. The van der Waals surface area contributed by atoms with Crippen LogP contribution in [0.3, 0.4) is 0 Å². The number of hydrogen-bond donors (Lipinski definition) is 1. The molecule has 0 fully saturated rings. The Labute approximate surface area is 109 Å². The first-order valence-electron chi connectivity index (χ1n) is 5.44. The molecule has 0 saturated heterocycles. The minimum atomic E-state index is -0.270. The van der Waals surface area contributed by atoms with E-state index in [9.17, 15) is 4.39 Å². The summed E-state index contributed by atoms with van der Waals surface area (Å²) in [5.41, 5.74) is 6.08. The van der Waals surface area contributed by atoms with Crippen molar-refractivity contribution in [3.63, 3.8) is 0 Å². The quantitative estimate of drug-likeness (QED) is 0.659. The molecule has 4 heteroatoms. The zero-order valence-corrected chi connectivity index (χ0v) is 11.2. The summed E-state index contributed by atoms with van der Waals surface area (Å²) in [7, 11) is 0. The van der Waals surface area contributed by atoms with Gasteiger partial charge in [0.05, 0.1) is 0 Å². The van der Waals surface area contributed by atoms with Gasteiger partial charge in [0.1, 0.15) is 5.82 Å². The smallest absolute Gasteiger partial charge is 0.126 e. The largest absolute Gasteiger partial charge is 0.399 e. The molecule has 0 aliphatic heterocycles. The molecule has 1 aromatic carbocycles. The number of aryl methyl sites for hydroxylation is 1. The molecule has 1 nitrogen and oxygen atoms in total. The van der Waals surface area contributed by atoms with E-state index in [2.05, 4.69) is 19.1 Å². The van der Waals surface area contributed by atoms with E-state index < -0.39 is 0 Å². The second kappa shape index (κ2) is 5.56. The van der Waals surface area contributed by atoms with Crippen molar-refractivity contribution in [1.82, 2.24) is 0 Å². The minimum absolute atomic E-state index is 0.270. The normalized spacial score (nSPS) is 10.7. The van der Waals surface area contributed by atoms with Crippen LogP contribution >= 0.6 is 23.1 Å². The van der Waals surface area contributed by atoms with Crippen molar-refractivity contribution in [2.24, 2.45) is 0 Å². The van der Waals surface area contributed by atoms with Crippen LogP contribution in [0.1, 0.15) is 16.7 Å². The van der Waals surface area contributed by atoms with Crippen molar-refractivity contribution >= 4 is 28.8 Å². The van der Waals surface area contributed by atoms with Crippen LogP contribution in [0.4, 0.5) is 10.1 Å². The Morgan fingerprint density at radius 2 is 2.00 bits per heavy atom. The fraction of sp³-hybridized carbons (Fsp3) is 0.231. The average Bonchev–Trinajstić information content (AvgIpc) is 2.73. The highest BCUT2D eigenvalue weighted by Gasteiger charge is 2.02. The zero-order chi connectivity index (χ0) is 12.3. The predicted molar refractivity (Wildman–Crippen MR) is 74.1 cm³/mol. The lowest BCUT2D eigenvalue weighted by Gasteiger charge is -2.02. The van der Waals surface area contributed by atoms with Crippen LogP contribution < -0.4 is 5.73 Å². The van der Waals surface area contributed by atoms with E-state index in [0.29, 0.717) is 5.69 Å². The first-order valence-corrected chi connectivity index (χ1v) is 7.24. The number of benzene rings is 1. The van der Waals surface area contributed by atoms with Gasteiger partial charge in [-0.3, -0.25) is 0 Å². The molecule has 1 heterocycles. The Morgan fingerprint density at radius 1 is 1.24 bits per heavy atom. The van der Waals surface area contributed by atoms with Gasteiger partial charge in [0, 0.05) is 26.1 Å². The first kappa shape index (κ1) is 12.5. The molecular weight excluding hydrogens is 253 g/mol. The van der Waals surface area contributed by atoms with E-state index >= 15 is 0 Å². The summed E-state index contributed by atoms with van der Waals surface area (Å²) < 4.78 is 13.1. The van der Waals surface area contributed by atoms with Gasteiger partial charge in [-0.25, -0.2) is 4.39 Å². The van der Waals surface area contributed by atoms with Crippen LogP contribution in [-0.2, 0) is 12.2 Å².